The molecule has 4 rings (SSSR count). The predicted octanol–water partition coefficient (Wildman–Crippen LogP) is 5.92. The van der Waals surface area contributed by atoms with Crippen LogP contribution < -0.4 is 20.1 Å². The molecule has 10 heteroatoms. The van der Waals surface area contributed by atoms with E-state index in [2.05, 4.69) is 35.9 Å². The van der Waals surface area contributed by atoms with Crippen LogP contribution >= 0.6 is 0 Å². The number of hydrogen-bond donors (Lipinski definition) is 0. The van der Waals surface area contributed by atoms with Crippen LogP contribution in [0.15, 0.2) is 35.1 Å². The van der Waals surface area contributed by atoms with Crippen LogP contribution in [0.25, 0.3) is 16.7 Å². The zero-order valence-electron chi connectivity index (χ0n) is 26.3. The number of fused-ring (bicyclic) bond motifs is 1. The maximum atomic E-state index is 13.6. The lowest BCUT2D eigenvalue weighted by Crippen LogP contribution is -2.47. The normalized spacial score (nSPS) is 14.3. The zero-order chi connectivity index (χ0) is 30.4. The first kappa shape index (κ1) is 31.3. The molecule has 10 nitrogen and oxygen atoms in total. The van der Waals surface area contributed by atoms with E-state index < -0.39 is 5.60 Å². The fraction of sp³-hybridized carbons (Fsp3) is 0.594. The molecule has 1 amide bonds. The second-order valence-electron chi connectivity index (χ2n) is 12.0. The number of carbonyl (C=O) groups excluding carboxylic acids is 1. The first-order valence-electron chi connectivity index (χ1n) is 15.2. The Morgan fingerprint density at radius 3 is 2.31 bits per heavy atom. The average molecular weight is 582 g/mol. The number of carbonyl (C=O) groups is 1. The number of benzene rings is 1. The van der Waals surface area contributed by atoms with Gasteiger partial charge in [-0.2, -0.15) is 4.98 Å². The number of hydrogen-bond acceptors (Lipinski definition) is 7. The van der Waals surface area contributed by atoms with Crippen molar-refractivity contribution in [3.05, 3.63) is 40.8 Å². The molecule has 0 spiro atoms. The molecule has 1 aliphatic rings. The number of anilines is 1. The van der Waals surface area contributed by atoms with E-state index in [0.29, 0.717) is 30.7 Å². The van der Waals surface area contributed by atoms with Gasteiger partial charge in [0, 0.05) is 45.0 Å². The highest BCUT2D eigenvalue weighted by Gasteiger charge is 2.29. The topological polar surface area (TPSA) is 91.1 Å². The van der Waals surface area contributed by atoms with Gasteiger partial charge in [0.05, 0.1) is 24.2 Å². The van der Waals surface area contributed by atoms with Crippen LogP contribution in [0.5, 0.6) is 11.8 Å². The van der Waals surface area contributed by atoms with Crippen molar-refractivity contribution in [1.29, 1.82) is 0 Å². The fourth-order valence-electron chi connectivity index (χ4n) is 5.16. The van der Waals surface area contributed by atoms with Crippen molar-refractivity contribution in [2.24, 2.45) is 7.05 Å². The Labute approximate surface area is 249 Å². The number of piperidine rings is 1. The molecule has 230 valence electrons. The Hall–Kier alpha value is -3.69. The first-order chi connectivity index (χ1) is 20.0. The molecular weight excluding hydrogens is 534 g/mol. The summed E-state index contributed by atoms with van der Waals surface area (Å²) < 4.78 is 20.8. The second-order valence-corrected chi connectivity index (χ2v) is 12.0. The van der Waals surface area contributed by atoms with Crippen molar-refractivity contribution in [2.75, 3.05) is 38.3 Å². The van der Waals surface area contributed by atoms with E-state index in [9.17, 15) is 9.59 Å². The highest BCUT2D eigenvalue weighted by atomic mass is 16.6. The molecule has 1 aliphatic heterocycles. The molecule has 1 saturated heterocycles. The van der Waals surface area contributed by atoms with Gasteiger partial charge in [-0.05, 0) is 70.7 Å². The van der Waals surface area contributed by atoms with Crippen LogP contribution in [0, 0.1) is 0 Å². The highest BCUT2D eigenvalue weighted by molar-refractivity contribution is 5.82. The molecule has 3 aromatic rings. The fourth-order valence-corrected chi connectivity index (χ4v) is 5.16. The summed E-state index contributed by atoms with van der Waals surface area (Å²) in [5, 5.41) is 0. The van der Waals surface area contributed by atoms with Crippen LogP contribution in [0.3, 0.4) is 0 Å². The summed E-state index contributed by atoms with van der Waals surface area (Å²) in [6.45, 7) is 12.6. The summed E-state index contributed by atoms with van der Waals surface area (Å²) in [7, 11) is 3.61. The van der Waals surface area contributed by atoms with Crippen molar-refractivity contribution in [2.45, 2.75) is 84.8 Å². The molecule has 1 fully saturated rings. The number of pyridine rings is 1. The largest absolute Gasteiger partial charge is 0.478 e. The van der Waals surface area contributed by atoms with Gasteiger partial charge in [-0.25, -0.2) is 9.59 Å². The third kappa shape index (κ3) is 7.20. The van der Waals surface area contributed by atoms with Crippen LogP contribution in [-0.2, 0) is 11.8 Å². The monoisotopic (exact) mass is 581 g/mol. The van der Waals surface area contributed by atoms with Gasteiger partial charge in [0.15, 0.2) is 0 Å². The van der Waals surface area contributed by atoms with Gasteiger partial charge < -0.3 is 24.0 Å². The van der Waals surface area contributed by atoms with Crippen molar-refractivity contribution in [3.63, 3.8) is 0 Å². The number of unbranched alkanes of at least 4 members (excludes halogenated alkanes) is 2. The van der Waals surface area contributed by atoms with Crippen LogP contribution in [0.1, 0.15) is 73.1 Å². The Morgan fingerprint density at radius 2 is 1.67 bits per heavy atom. The summed E-state index contributed by atoms with van der Waals surface area (Å²) in [6.07, 6.45) is 5.25. The van der Waals surface area contributed by atoms with Gasteiger partial charge in [0.25, 0.3) is 0 Å². The quantitative estimate of drug-likeness (QED) is 0.260. The third-order valence-corrected chi connectivity index (χ3v) is 7.64. The second kappa shape index (κ2) is 13.5. The summed E-state index contributed by atoms with van der Waals surface area (Å²) in [4.78, 5) is 34.8. The lowest BCUT2D eigenvalue weighted by molar-refractivity contribution is 0.0201. The Bertz CT molecular complexity index is 1420. The Kier molecular flexibility index (Phi) is 10.1. The number of ether oxygens (including phenoxy) is 3. The van der Waals surface area contributed by atoms with Crippen LogP contribution in [-0.4, -0.2) is 70.1 Å². The maximum absolute atomic E-state index is 13.6. The van der Waals surface area contributed by atoms with Gasteiger partial charge in [-0.3, -0.25) is 9.13 Å². The summed E-state index contributed by atoms with van der Waals surface area (Å²) in [6, 6.07) is 9.90. The standard InChI is InChI=1S/C32H47N5O5/c1-8-10-20-40-28-15-14-26(29(33-28)41-21-11-9-2)37-25-13-12-24(22-27(25)35(7)30(37)38)36-18-16-23(17-19-36)34(6)31(39)42-32(3,4)5/h12-15,22-23H,8-11,16-21H2,1-7H3. The van der Waals surface area contributed by atoms with Crippen molar-refractivity contribution < 1.29 is 19.0 Å². The molecule has 0 atom stereocenters. The van der Waals surface area contributed by atoms with E-state index in [1.165, 1.54) is 0 Å². The van der Waals surface area contributed by atoms with Crippen molar-refractivity contribution in [3.8, 4) is 17.4 Å². The van der Waals surface area contributed by atoms with E-state index in [1.54, 1.807) is 27.1 Å². The lowest BCUT2D eigenvalue weighted by Gasteiger charge is -2.38. The minimum absolute atomic E-state index is 0.123. The molecule has 0 bridgehead atoms. The molecular formula is C32H47N5O5. The van der Waals surface area contributed by atoms with E-state index >= 15 is 0 Å². The predicted molar refractivity (Wildman–Crippen MR) is 166 cm³/mol. The molecule has 3 heterocycles. The maximum Gasteiger partial charge on any atom is 0.410 e. The molecule has 0 unspecified atom stereocenters. The van der Waals surface area contributed by atoms with Crippen LogP contribution in [0.2, 0.25) is 0 Å². The molecule has 0 saturated carbocycles. The van der Waals surface area contributed by atoms with Gasteiger partial charge in [0.1, 0.15) is 11.3 Å². The molecule has 0 aliphatic carbocycles. The van der Waals surface area contributed by atoms with E-state index in [0.717, 1.165) is 68.3 Å². The number of aromatic nitrogens is 3. The number of imidazole rings is 1. The van der Waals surface area contributed by atoms with Crippen molar-refractivity contribution >= 4 is 22.8 Å². The molecule has 0 radical (unpaired) electrons. The van der Waals surface area contributed by atoms with Crippen molar-refractivity contribution in [1.82, 2.24) is 19.0 Å². The van der Waals surface area contributed by atoms with E-state index in [-0.39, 0.29) is 17.8 Å². The number of amides is 1. The summed E-state index contributed by atoms with van der Waals surface area (Å²) in [5.41, 5.74) is 2.58. The zero-order valence-corrected chi connectivity index (χ0v) is 26.3. The van der Waals surface area contributed by atoms with E-state index in [1.807, 2.05) is 40.0 Å². The minimum atomic E-state index is -0.517. The number of aryl methyl sites for hydroxylation is 1. The Morgan fingerprint density at radius 1 is 1.00 bits per heavy atom. The van der Waals surface area contributed by atoms with Gasteiger partial charge in [0.2, 0.25) is 11.8 Å². The van der Waals surface area contributed by atoms with E-state index in [4.69, 9.17) is 14.2 Å². The molecule has 1 aromatic carbocycles. The number of rotatable bonds is 11. The third-order valence-electron chi connectivity index (χ3n) is 7.64. The van der Waals surface area contributed by atoms with Gasteiger partial charge >= 0.3 is 11.8 Å². The molecule has 2 aromatic heterocycles. The SMILES string of the molecule is CCCCOc1ccc(-n2c(=O)n(C)c3cc(N4CCC(N(C)C(=O)OC(C)(C)C)CC4)ccc32)c(OCCCC)n1. The highest BCUT2D eigenvalue weighted by Crippen LogP contribution is 2.30. The average Bonchev–Trinajstić information content (AvgIpc) is 3.21. The summed E-state index contributed by atoms with van der Waals surface area (Å²) in [5.74, 6) is 0.891. The molecule has 0 N–H and O–H groups in total. The summed E-state index contributed by atoms with van der Waals surface area (Å²) >= 11 is 0. The Balaban J connectivity index is 1.57. The van der Waals surface area contributed by atoms with Gasteiger partial charge in [-0.15, -0.1) is 0 Å². The minimum Gasteiger partial charge on any atom is -0.478 e. The smallest absolute Gasteiger partial charge is 0.410 e. The lowest BCUT2D eigenvalue weighted by atomic mass is 10.0. The molecule has 42 heavy (non-hydrogen) atoms. The number of nitrogens with zero attached hydrogens (tertiary/aromatic N) is 5. The first-order valence-corrected chi connectivity index (χ1v) is 15.2. The van der Waals surface area contributed by atoms with Gasteiger partial charge in [-0.1, -0.05) is 26.7 Å². The van der Waals surface area contributed by atoms with Crippen LogP contribution in [0.4, 0.5) is 10.5 Å².